The first-order valence-corrected chi connectivity index (χ1v) is 11.9. The summed E-state index contributed by atoms with van der Waals surface area (Å²) in [6.07, 6.45) is 16.8. The Bertz CT molecular complexity index is 851. The van der Waals surface area contributed by atoms with Crippen molar-refractivity contribution in [2.24, 2.45) is 5.73 Å². The second-order valence-electron chi connectivity index (χ2n) is 7.76. The number of allylic oxidation sites excluding steroid dienone is 3. The summed E-state index contributed by atoms with van der Waals surface area (Å²) in [4.78, 5) is 6.79. The van der Waals surface area contributed by atoms with Gasteiger partial charge in [-0.2, -0.15) is 0 Å². The largest absolute Gasteiger partial charge is 0.405 e. The van der Waals surface area contributed by atoms with E-state index in [4.69, 9.17) is 11.6 Å². The van der Waals surface area contributed by atoms with E-state index in [0.29, 0.717) is 6.04 Å². The Morgan fingerprint density at radius 1 is 1.34 bits per heavy atom. The van der Waals surface area contributed by atoms with Crippen LogP contribution < -0.4 is 11.1 Å². The molecule has 3 N–H and O–H groups in total. The molecular formula is C26H38ClN5. The molecule has 174 valence electrons. The predicted octanol–water partition coefficient (Wildman–Crippen LogP) is 5.42. The minimum Gasteiger partial charge on any atom is -0.405 e. The van der Waals surface area contributed by atoms with Crippen LogP contribution in [0.1, 0.15) is 50.3 Å². The van der Waals surface area contributed by atoms with E-state index in [9.17, 15) is 0 Å². The van der Waals surface area contributed by atoms with Crippen molar-refractivity contribution in [3.63, 3.8) is 0 Å². The number of aromatic nitrogens is 2. The number of piperazine rings is 1. The van der Waals surface area contributed by atoms with Crippen molar-refractivity contribution in [3.8, 4) is 0 Å². The lowest BCUT2D eigenvalue weighted by molar-refractivity contribution is 0.174. The molecule has 0 bridgehead atoms. The molecule has 1 aliphatic heterocycles. The molecule has 6 heteroatoms. The molecule has 32 heavy (non-hydrogen) atoms. The van der Waals surface area contributed by atoms with E-state index >= 15 is 0 Å². The summed E-state index contributed by atoms with van der Waals surface area (Å²) in [6, 6.07) is 6.82. The van der Waals surface area contributed by atoms with Gasteiger partial charge < -0.3 is 15.6 Å². The molecule has 0 spiro atoms. The normalized spacial score (nSPS) is 15.9. The zero-order chi connectivity index (χ0) is 23.2. The van der Waals surface area contributed by atoms with Crippen LogP contribution in [0.25, 0.3) is 5.57 Å². The van der Waals surface area contributed by atoms with E-state index in [1.54, 1.807) is 0 Å². The average Bonchev–Trinajstić information content (AvgIpc) is 3.33. The predicted molar refractivity (Wildman–Crippen MR) is 138 cm³/mol. The number of rotatable bonds is 9. The number of hydrogen-bond donors (Lipinski definition) is 2. The molecule has 1 fully saturated rings. The van der Waals surface area contributed by atoms with Gasteiger partial charge >= 0.3 is 0 Å². The molecule has 1 saturated heterocycles. The average molecular weight is 456 g/mol. The van der Waals surface area contributed by atoms with Gasteiger partial charge in [0.2, 0.25) is 0 Å². The molecule has 1 unspecified atom stereocenters. The molecule has 3 rings (SSSR count). The third-order valence-corrected chi connectivity index (χ3v) is 5.79. The van der Waals surface area contributed by atoms with Crippen molar-refractivity contribution < 1.29 is 0 Å². The van der Waals surface area contributed by atoms with Crippen LogP contribution in [0.2, 0.25) is 5.02 Å². The Hall–Kier alpha value is -2.34. The molecule has 0 radical (unpaired) electrons. The van der Waals surface area contributed by atoms with Crippen LogP contribution in [0.4, 0.5) is 0 Å². The zero-order valence-corrected chi connectivity index (χ0v) is 20.3. The Labute approximate surface area is 198 Å². The Morgan fingerprint density at radius 3 is 2.72 bits per heavy atom. The monoisotopic (exact) mass is 455 g/mol. The molecule has 1 aromatic heterocycles. The molecule has 2 heterocycles. The van der Waals surface area contributed by atoms with Crippen LogP contribution in [0.3, 0.4) is 0 Å². The Balaban J connectivity index is 0.00000114. The summed E-state index contributed by atoms with van der Waals surface area (Å²) in [5.41, 5.74) is 8.67. The highest BCUT2D eigenvalue weighted by Gasteiger charge is 2.24. The summed E-state index contributed by atoms with van der Waals surface area (Å²) in [5, 5.41) is 4.28. The lowest BCUT2D eigenvalue weighted by atomic mass is 9.90. The van der Waals surface area contributed by atoms with Crippen molar-refractivity contribution >= 4 is 17.2 Å². The molecule has 1 aromatic carbocycles. The fourth-order valence-corrected chi connectivity index (χ4v) is 4.26. The highest BCUT2D eigenvalue weighted by Crippen LogP contribution is 2.35. The summed E-state index contributed by atoms with van der Waals surface area (Å²) in [6.45, 7) is 12.6. The molecule has 2 aromatic rings. The van der Waals surface area contributed by atoms with Crippen molar-refractivity contribution in [2.45, 2.75) is 45.7 Å². The Morgan fingerprint density at radius 2 is 2.09 bits per heavy atom. The molecule has 1 atom stereocenters. The van der Waals surface area contributed by atoms with Crippen LogP contribution in [-0.4, -0.2) is 40.6 Å². The minimum absolute atomic E-state index is 0.370. The fourth-order valence-electron chi connectivity index (χ4n) is 4.09. The molecule has 0 saturated carbocycles. The third-order valence-electron chi connectivity index (χ3n) is 5.56. The van der Waals surface area contributed by atoms with Crippen LogP contribution in [0, 0.1) is 0 Å². The minimum atomic E-state index is 0.370. The van der Waals surface area contributed by atoms with Gasteiger partial charge in [-0.15, -0.1) is 0 Å². The van der Waals surface area contributed by atoms with Crippen molar-refractivity contribution in [3.05, 3.63) is 84.1 Å². The lowest BCUT2D eigenvalue weighted by Crippen LogP contribution is -2.45. The van der Waals surface area contributed by atoms with Crippen LogP contribution in [0.15, 0.2) is 67.9 Å². The van der Waals surface area contributed by atoms with E-state index in [2.05, 4.69) is 76.3 Å². The standard InChI is InChI=1S/C24H33ClN4.C2H5N/c1-3-5-7-24(29-16-12-26-13-17-29)22-9-8-21(25)18-23(22)20(6-4-2)10-14-28-15-11-27-19-28;1-2-3/h3,5-6,8-9,11,15,18-19,24,26H,4,7,10,12-14,16-17H2,1-2H3;2H,1,3H2/b5-3-,20-6-;. The first-order valence-electron chi connectivity index (χ1n) is 11.5. The van der Waals surface area contributed by atoms with Gasteiger partial charge in [-0.3, -0.25) is 4.90 Å². The smallest absolute Gasteiger partial charge is 0.0946 e. The Kier molecular flexibility index (Phi) is 11.9. The first kappa shape index (κ1) is 25.9. The van der Waals surface area contributed by atoms with Gasteiger partial charge in [0.25, 0.3) is 0 Å². The number of hydrogen-bond acceptors (Lipinski definition) is 4. The highest BCUT2D eigenvalue weighted by atomic mass is 35.5. The number of nitrogens with two attached hydrogens (primary N) is 1. The third kappa shape index (κ3) is 7.97. The van der Waals surface area contributed by atoms with E-state index in [0.717, 1.165) is 57.0 Å². The molecule has 5 nitrogen and oxygen atoms in total. The van der Waals surface area contributed by atoms with Gasteiger partial charge in [0.15, 0.2) is 0 Å². The SMILES string of the molecule is C/C=C\CC(c1ccc(Cl)cc1/C(=C\CC)CCn1ccnc1)N1CCNCC1.C=CN. The number of imidazole rings is 1. The second kappa shape index (κ2) is 14.7. The summed E-state index contributed by atoms with van der Waals surface area (Å²) < 4.78 is 2.14. The van der Waals surface area contributed by atoms with Crippen LogP contribution >= 0.6 is 11.6 Å². The number of nitrogens with one attached hydrogen (secondary N) is 1. The van der Waals surface area contributed by atoms with E-state index in [1.165, 1.54) is 22.9 Å². The lowest BCUT2D eigenvalue weighted by Gasteiger charge is -2.36. The van der Waals surface area contributed by atoms with E-state index in [-0.39, 0.29) is 0 Å². The quantitative estimate of drug-likeness (QED) is 0.495. The first-order chi connectivity index (χ1) is 15.6. The van der Waals surface area contributed by atoms with Crippen molar-refractivity contribution in [2.75, 3.05) is 26.2 Å². The number of nitrogens with zero attached hydrogens (tertiary/aromatic N) is 3. The molecular weight excluding hydrogens is 418 g/mol. The van der Waals surface area contributed by atoms with Gasteiger partial charge in [0, 0.05) is 56.2 Å². The van der Waals surface area contributed by atoms with Gasteiger partial charge in [-0.1, -0.05) is 49.4 Å². The van der Waals surface area contributed by atoms with Gasteiger partial charge in [0.05, 0.1) is 6.33 Å². The molecule has 1 aliphatic rings. The van der Waals surface area contributed by atoms with E-state index < -0.39 is 0 Å². The van der Waals surface area contributed by atoms with Crippen LogP contribution in [0.5, 0.6) is 0 Å². The maximum absolute atomic E-state index is 6.48. The maximum Gasteiger partial charge on any atom is 0.0946 e. The van der Waals surface area contributed by atoms with Gasteiger partial charge in [-0.25, -0.2) is 4.98 Å². The fraction of sp³-hybridized carbons (Fsp3) is 0.423. The molecule has 0 amide bonds. The summed E-state index contributed by atoms with van der Waals surface area (Å²) in [7, 11) is 0. The van der Waals surface area contributed by atoms with Gasteiger partial charge in [0.1, 0.15) is 0 Å². The van der Waals surface area contributed by atoms with Crippen LogP contribution in [-0.2, 0) is 6.54 Å². The zero-order valence-electron chi connectivity index (χ0n) is 19.5. The maximum atomic E-state index is 6.48. The highest BCUT2D eigenvalue weighted by molar-refractivity contribution is 6.30. The number of halogens is 1. The van der Waals surface area contributed by atoms with Gasteiger partial charge in [-0.05, 0) is 61.2 Å². The summed E-state index contributed by atoms with van der Waals surface area (Å²) in [5.74, 6) is 0. The number of benzene rings is 1. The second-order valence-corrected chi connectivity index (χ2v) is 8.20. The topological polar surface area (TPSA) is 59.1 Å². The summed E-state index contributed by atoms with van der Waals surface area (Å²) >= 11 is 6.48. The number of aryl methyl sites for hydroxylation is 1. The van der Waals surface area contributed by atoms with Crippen molar-refractivity contribution in [1.82, 2.24) is 19.8 Å². The molecule has 0 aliphatic carbocycles. The van der Waals surface area contributed by atoms with Crippen molar-refractivity contribution in [1.29, 1.82) is 0 Å². The van der Waals surface area contributed by atoms with E-state index in [1.807, 2.05) is 24.8 Å².